The first-order chi connectivity index (χ1) is 9.81. The highest BCUT2D eigenvalue weighted by atomic mass is 16.5. The maximum absolute atomic E-state index is 6.09. The van der Waals surface area contributed by atoms with Crippen LogP contribution in [0.2, 0.25) is 0 Å². The van der Waals surface area contributed by atoms with Gasteiger partial charge in [0.25, 0.3) is 0 Å². The van der Waals surface area contributed by atoms with Gasteiger partial charge in [-0.25, -0.2) is 0 Å². The molecule has 0 radical (unpaired) electrons. The number of hydrogen-bond acceptors (Lipinski definition) is 4. The number of nitrogens with two attached hydrogens (primary N) is 1. The predicted molar refractivity (Wildman–Crippen MR) is 78.4 cm³/mol. The lowest BCUT2D eigenvalue weighted by Crippen LogP contribution is -2.45. The molecule has 0 amide bonds. The maximum atomic E-state index is 6.09. The Kier molecular flexibility index (Phi) is 3.96. The van der Waals surface area contributed by atoms with Gasteiger partial charge in [0.05, 0.1) is 23.4 Å². The van der Waals surface area contributed by atoms with E-state index in [1.807, 2.05) is 24.3 Å². The first-order valence-corrected chi connectivity index (χ1v) is 7.08. The molecule has 0 aliphatic carbocycles. The number of nitrogens with zero attached hydrogens (tertiary/aromatic N) is 1. The van der Waals surface area contributed by atoms with Crippen molar-refractivity contribution < 1.29 is 9.47 Å². The molecule has 1 fully saturated rings. The molecule has 4 heteroatoms. The fourth-order valence-corrected chi connectivity index (χ4v) is 2.57. The van der Waals surface area contributed by atoms with E-state index in [2.05, 4.69) is 17.1 Å². The fourth-order valence-electron chi connectivity index (χ4n) is 2.57. The molecule has 0 unspecified atom stereocenters. The summed E-state index contributed by atoms with van der Waals surface area (Å²) in [7, 11) is 0. The van der Waals surface area contributed by atoms with E-state index >= 15 is 0 Å². The van der Waals surface area contributed by atoms with Crippen LogP contribution >= 0.6 is 0 Å². The minimum atomic E-state index is -0.244. The Hall–Kier alpha value is -1.49. The third kappa shape index (κ3) is 2.82. The van der Waals surface area contributed by atoms with Crippen LogP contribution in [0.5, 0.6) is 0 Å². The Labute approximate surface area is 118 Å². The number of fused-ring (bicyclic) bond motifs is 1. The standard InChI is InChI=1S/C16H20N2O2/c17-12-16(7-9-19-10-8-16)20-11-14-6-5-13-3-1-2-4-15(13)18-14/h1-6H,7-12,17H2. The fraction of sp³-hybridized carbons (Fsp3) is 0.438. The van der Waals surface area contributed by atoms with Crippen LogP contribution in [0.3, 0.4) is 0 Å². The minimum Gasteiger partial charge on any atom is -0.381 e. The van der Waals surface area contributed by atoms with Gasteiger partial charge in [0.1, 0.15) is 0 Å². The van der Waals surface area contributed by atoms with E-state index in [0.717, 1.165) is 42.7 Å². The third-order valence-corrected chi connectivity index (χ3v) is 3.96. The lowest BCUT2D eigenvalue weighted by molar-refractivity contribution is -0.113. The van der Waals surface area contributed by atoms with Crippen molar-refractivity contribution >= 4 is 10.9 Å². The zero-order valence-electron chi connectivity index (χ0n) is 11.5. The molecule has 1 aliphatic rings. The molecule has 2 heterocycles. The summed E-state index contributed by atoms with van der Waals surface area (Å²) in [6.07, 6.45) is 1.72. The van der Waals surface area contributed by atoms with Crippen LogP contribution < -0.4 is 5.73 Å². The van der Waals surface area contributed by atoms with Gasteiger partial charge >= 0.3 is 0 Å². The monoisotopic (exact) mass is 272 g/mol. The highest BCUT2D eigenvalue weighted by molar-refractivity contribution is 5.78. The summed E-state index contributed by atoms with van der Waals surface area (Å²) in [6, 6.07) is 12.2. The van der Waals surface area contributed by atoms with Crippen molar-refractivity contribution in [3.8, 4) is 0 Å². The van der Waals surface area contributed by atoms with E-state index in [9.17, 15) is 0 Å². The van der Waals surface area contributed by atoms with Crippen LogP contribution in [0.4, 0.5) is 0 Å². The zero-order valence-corrected chi connectivity index (χ0v) is 11.5. The molecule has 2 aromatic rings. The minimum absolute atomic E-state index is 0.244. The second kappa shape index (κ2) is 5.87. The van der Waals surface area contributed by atoms with Gasteiger partial charge in [0.15, 0.2) is 0 Å². The summed E-state index contributed by atoms with van der Waals surface area (Å²) < 4.78 is 11.5. The van der Waals surface area contributed by atoms with Crippen molar-refractivity contribution in [1.82, 2.24) is 4.98 Å². The van der Waals surface area contributed by atoms with E-state index in [4.69, 9.17) is 15.2 Å². The molecule has 0 bridgehead atoms. The second-order valence-corrected chi connectivity index (χ2v) is 5.28. The topological polar surface area (TPSA) is 57.4 Å². The van der Waals surface area contributed by atoms with Crippen molar-refractivity contribution in [3.05, 3.63) is 42.1 Å². The van der Waals surface area contributed by atoms with Crippen LogP contribution in [0.25, 0.3) is 10.9 Å². The molecule has 106 valence electrons. The SMILES string of the molecule is NCC1(OCc2ccc3ccccc3n2)CCOCC1. The highest BCUT2D eigenvalue weighted by Gasteiger charge is 2.32. The third-order valence-electron chi connectivity index (χ3n) is 3.96. The van der Waals surface area contributed by atoms with E-state index < -0.39 is 0 Å². The van der Waals surface area contributed by atoms with Crippen LogP contribution in [0.15, 0.2) is 36.4 Å². The van der Waals surface area contributed by atoms with E-state index in [-0.39, 0.29) is 5.60 Å². The molecule has 2 N–H and O–H groups in total. The lowest BCUT2D eigenvalue weighted by Gasteiger charge is -2.35. The first-order valence-electron chi connectivity index (χ1n) is 7.08. The number of ether oxygens (including phenoxy) is 2. The summed E-state index contributed by atoms with van der Waals surface area (Å²) in [5.41, 5.74) is 7.60. The Morgan fingerprint density at radius 3 is 2.75 bits per heavy atom. The summed E-state index contributed by atoms with van der Waals surface area (Å²) in [4.78, 5) is 4.63. The van der Waals surface area contributed by atoms with Gasteiger partial charge < -0.3 is 15.2 Å². The van der Waals surface area contributed by atoms with Gasteiger partial charge in [-0.1, -0.05) is 24.3 Å². The van der Waals surface area contributed by atoms with Crippen molar-refractivity contribution in [2.24, 2.45) is 5.73 Å². The van der Waals surface area contributed by atoms with Gasteiger partial charge in [-0.2, -0.15) is 0 Å². The summed E-state index contributed by atoms with van der Waals surface area (Å²) in [5, 5.41) is 1.15. The van der Waals surface area contributed by atoms with Crippen LogP contribution in [0.1, 0.15) is 18.5 Å². The van der Waals surface area contributed by atoms with Gasteiger partial charge in [-0.05, 0) is 12.1 Å². The molecule has 0 atom stereocenters. The normalized spacial score (nSPS) is 18.2. The smallest absolute Gasteiger partial charge is 0.0896 e. The average Bonchev–Trinajstić information content (AvgIpc) is 2.54. The lowest BCUT2D eigenvalue weighted by atomic mass is 9.94. The largest absolute Gasteiger partial charge is 0.381 e. The average molecular weight is 272 g/mol. The molecule has 20 heavy (non-hydrogen) atoms. The number of pyridine rings is 1. The van der Waals surface area contributed by atoms with Crippen molar-refractivity contribution in [1.29, 1.82) is 0 Å². The molecular formula is C16H20N2O2. The number of rotatable bonds is 4. The molecule has 3 rings (SSSR count). The molecule has 0 saturated carbocycles. The molecule has 1 aliphatic heterocycles. The molecule has 4 nitrogen and oxygen atoms in total. The van der Waals surface area contributed by atoms with E-state index in [1.165, 1.54) is 0 Å². The van der Waals surface area contributed by atoms with Crippen LogP contribution in [-0.2, 0) is 16.1 Å². The first kappa shape index (κ1) is 13.5. The highest BCUT2D eigenvalue weighted by Crippen LogP contribution is 2.25. The Balaban J connectivity index is 1.72. The number of hydrogen-bond donors (Lipinski definition) is 1. The maximum Gasteiger partial charge on any atom is 0.0896 e. The molecule has 0 spiro atoms. The quantitative estimate of drug-likeness (QED) is 0.927. The van der Waals surface area contributed by atoms with Crippen molar-refractivity contribution in [2.75, 3.05) is 19.8 Å². The molecular weight excluding hydrogens is 252 g/mol. The van der Waals surface area contributed by atoms with Crippen molar-refractivity contribution in [2.45, 2.75) is 25.0 Å². The predicted octanol–water partition coefficient (Wildman–Crippen LogP) is 2.26. The van der Waals surface area contributed by atoms with Crippen molar-refractivity contribution in [3.63, 3.8) is 0 Å². The second-order valence-electron chi connectivity index (χ2n) is 5.28. The van der Waals surface area contributed by atoms with Gasteiger partial charge in [0.2, 0.25) is 0 Å². The van der Waals surface area contributed by atoms with Gasteiger partial charge in [-0.15, -0.1) is 0 Å². The number of benzene rings is 1. The summed E-state index contributed by atoms with van der Waals surface area (Å²) in [6.45, 7) is 2.48. The van der Waals surface area contributed by atoms with E-state index in [0.29, 0.717) is 13.2 Å². The summed E-state index contributed by atoms with van der Waals surface area (Å²) >= 11 is 0. The molecule has 1 aromatic carbocycles. The Bertz CT molecular complexity index is 579. The Morgan fingerprint density at radius 2 is 1.95 bits per heavy atom. The molecule has 1 saturated heterocycles. The Morgan fingerprint density at radius 1 is 1.15 bits per heavy atom. The van der Waals surface area contributed by atoms with Crippen LogP contribution in [-0.4, -0.2) is 30.3 Å². The van der Waals surface area contributed by atoms with E-state index in [1.54, 1.807) is 0 Å². The summed E-state index contributed by atoms with van der Waals surface area (Å²) in [5.74, 6) is 0. The van der Waals surface area contributed by atoms with Gasteiger partial charge in [0, 0.05) is 38.0 Å². The van der Waals surface area contributed by atoms with Crippen LogP contribution in [0, 0.1) is 0 Å². The zero-order chi connectivity index (χ0) is 13.8. The number of para-hydroxylation sites is 1. The number of aromatic nitrogens is 1. The molecule has 1 aromatic heterocycles. The van der Waals surface area contributed by atoms with Gasteiger partial charge in [-0.3, -0.25) is 4.98 Å².